The Bertz CT molecular complexity index is 822. The van der Waals surface area contributed by atoms with Gasteiger partial charge in [0.05, 0.1) is 22.3 Å². The summed E-state index contributed by atoms with van der Waals surface area (Å²) < 4.78 is 10.3. The number of rotatable bonds is 4. The molecule has 0 bridgehead atoms. The highest BCUT2D eigenvalue weighted by atomic mass is 32.1. The molecule has 2 aromatic rings. The summed E-state index contributed by atoms with van der Waals surface area (Å²) >= 11 is 1.35. The van der Waals surface area contributed by atoms with E-state index in [2.05, 4.69) is 4.74 Å². The van der Waals surface area contributed by atoms with E-state index in [1.54, 1.807) is 25.1 Å². The number of aliphatic carboxylic acids is 1. The minimum Gasteiger partial charge on any atom is -0.546 e. The van der Waals surface area contributed by atoms with E-state index in [0.717, 1.165) is 5.56 Å². The van der Waals surface area contributed by atoms with Gasteiger partial charge in [-0.3, -0.25) is 9.59 Å². The molecule has 1 aromatic heterocycles. The third kappa shape index (κ3) is 3.03. The first-order chi connectivity index (χ1) is 11.5. The van der Waals surface area contributed by atoms with E-state index in [-0.39, 0.29) is 5.78 Å². The molecular formula is C17H13O6S-. The zero-order chi connectivity index (χ0) is 17.3. The van der Waals surface area contributed by atoms with Gasteiger partial charge in [-0.05, 0) is 36.1 Å². The van der Waals surface area contributed by atoms with Crippen molar-refractivity contribution in [1.82, 2.24) is 0 Å². The smallest absolute Gasteiger partial charge is 0.313 e. The van der Waals surface area contributed by atoms with Gasteiger partial charge < -0.3 is 19.4 Å². The molecule has 0 saturated heterocycles. The molecule has 124 valence electrons. The molecule has 1 atom stereocenters. The highest BCUT2D eigenvalue weighted by Crippen LogP contribution is 2.33. The van der Waals surface area contributed by atoms with Gasteiger partial charge in [-0.25, -0.2) is 0 Å². The Kier molecular flexibility index (Phi) is 4.35. The molecule has 6 nitrogen and oxygen atoms in total. The highest BCUT2D eigenvalue weighted by molar-refractivity contribution is 7.12. The molecule has 1 unspecified atom stereocenters. The van der Waals surface area contributed by atoms with Gasteiger partial charge in [-0.2, -0.15) is 0 Å². The maximum Gasteiger partial charge on any atom is 0.313 e. The van der Waals surface area contributed by atoms with Crippen LogP contribution in [0.25, 0.3) is 0 Å². The standard InChI is InChI=1S/C17H14O6S/c1-9(17(21)23-8-14(18)19)10-2-3-13-12(6-10)15(20)16-11(7-22-13)4-5-24-16/h2-6,9H,7-8H2,1H3,(H,18,19)/p-1. The Morgan fingerprint density at radius 3 is 2.92 bits per heavy atom. The third-order valence-electron chi connectivity index (χ3n) is 3.77. The van der Waals surface area contributed by atoms with Crippen molar-refractivity contribution in [2.75, 3.05) is 6.61 Å². The fraction of sp³-hybridized carbons (Fsp3) is 0.235. The molecule has 0 fully saturated rings. The molecule has 7 heteroatoms. The van der Waals surface area contributed by atoms with E-state index in [4.69, 9.17) is 4.74 Å². The molecule has 0 N–H and O–H groups in total. The second kappa shape index (κ2) is 6.45. The number of hydrogen-bond donors (Lipinski definition) is 0. The maximum atomic E-state index is 12.7. The zero-order valence-electron chi connectivity index (χ0n) is 12.7. The molecule has 1 aromatic carbocycles. The molecule has 24 heavy (non-hydrogen) atoms. The SMILES string of the molecule is CC(C(=O)OCC(=O)[O-])c1ccc2c(c1)C(=O)c1sccc1CO2. The number of carboxylic acids is 1. The number of carbonyl (C=O) groups excluding carboxylic acids is 3. The Balaban J connectivity index is 1.89. The van der Waals surface area contributed by atoms with Crippen LogP contribution in [0.4, 0.5) is 0 Å². The third-order valence-corrected chi connectivity index (χ3v) is 4.73. The second-order valence-electron chi connectivity index (χ2n) is 5.35. The number of benzene rings is 1. The highest BCUT2D eigenvalue weighted by Gasteiger charge is 2.26. The molecule has 0 saturated carbocycles. The summed E-state index contributed by atoms with van der Waals surface area (Å²) in [6, 6.07) is 6.75. The quantitative estimate of drug-likeness (QED) is 0.775. The zero-order valence-corrected chi connectivity index (χ0v) is 13.6. The van der Waals surface area contributed by atoms with Crippen LogP contribution in [-0.4, -0.2) is 24.3 Å². The predicted molar refractivity (Wildman–Crippen MR) is 82.9 cm³/mol. The lowest BCUT2D eigenvalue weighted by molar-refractivity contribution is -0.308. The van der Waals surface area contributed by atoms with Gasteiger partial charge in [0.1, 0.15) is 19.0 Å². The van der Waals surface area contributed by atoms with Gasteiger partial charge >= 0.3 is 5.97 Å². The summed E-state index contributed by atoms with van der Waals surface area (Å²) in [7, 11) is 0. The lowest BCUT2D eigenvalue weighted by atomic mass is 9.96. The number of carboxylic acid groups (broad SMARTS) is 1. The van der Waals surface area contributed by atoms with Gasteiger partial charge in [-0.1, -0.05) is 6.07 Å². The van der Waals surface area contributed by atoms with Crippen molar-refractivity contribution in [1.29, 1.82) is 0 Å². The second-order valence-corrected chi connectivity index (χ2v) is 6.27. The van der Waals surface area contributed by atoms with Crippen molar-refractivity contribution < 1.29 is 29.0 Å². The summed E-state index contributed by atoms with van der Waals surface area (Å²) in [5.41, 5.74) is 1.77. The summed E-state index contributed by atoms with van der Waals surface area (Å²) in [6.45, 7) is 1.10. The van der Waals surface area contributed by atoms with Crippen LogP contribution in [0.2, 0.25) is 0 Å². The van der Waals surface area contributed by atoms with Crippen LogP contribution in [0.5, 0.6) is 5.75 Å². The molecule has 1 aliphatic heterocycles. The molecule has 0 amide bonds. The topological polar surface area (TPSA) is 92.7 Å². The molecule has 0 radical (unpaired) electrons. The van der Waals surface area contributed by atoms with E-state index < -0.39 is 24.5 Å². The van der Waals surface area contributed by atoms with Crippen LogP contribution in [0.1, 0.15) is 39.2 Å². The first-order valence-corrected chi connectivity index (χ1v) is 8.09. The molecule has 0 spiro atoms. The van der Waals surface area contributed by atoms with E-state index in [1.165, 1.54) is 11.3 Å². The van der Waals surface area contributed by atoms with Gasteiger partial charge in [-0.15, -0.1) is 11.3 Å². The molecule has 1 aliphatic rings. The summed E-state index contributed by atoms with van der Waals surface area (Å²) in [5.74, 6) is -2.56. The fourth-order valence-corrected chi connectivity index (χ4v) is 3.30. The normalized spacial score (nSPS) is 14.0. The summed E-state index contributed by atoms with van der Waals surface area (Å²) in [4.78, 5) is 35.6. The molecule has 3 rings (SSSR count). The Labute approximate surface area is 141 Å². The number of thiophene rings is 1. The minimum atomic E-state index is -1.47. The van der Waals surface area contributed by atoms with Crippen LogP contribution in [0, 0.1) is 0 Å². The monoisotopic (exact) mass is 345 g/mol. The molecular weight excluding hydrogens is 332 g/mol. The van der Waals surface area contributed by atoms with Gasteiger partial charge in [0, 0.05) is 5.56 Å². The number of ketones is 1. The van der Waals surface area contributed by atoms with Crippen molar-refractivity contribution in [3.05, 3.63) is 51.2 Å². The minimum absolute atomic E-state index is 0.148. The Morgan fingerprint density at radius 2 is 2.17 bits per heavy atom. The van der Waals surface area contributed by atoms with Crippen molar-refractivity contribution >= 4 is 29.1 Å². The fourth-order valence-electron chi connectivity index (χ4n) is 2.44. The first-order valence-electron chi connectivity index (χ1n) is 7.21. The van der Waals surface area contributed by atoms with Crippen LogP contribution in [0.15, 0.2) is 29.6 Å². The van der Waals surface area contributed by atoms with Crippen molar-refractivity contribution in [3.63, 3.8) is 0 Å². The van der Waals surface area contributed by atoms with Crippen molar-refractivity contribution in [3.8, 4) is 5.75 Å². The number of carbonyl (C=O) groups is 3. The van der Waals surface area contributed by atoms with Crippen molar-refractivity contribution in [2.24, 2.45) is 0 Å². The number of ether oxygens (including phenoxy) is 2. The number of fused-ring (bicyclic) bond motifs is 2. The van der Waals surface area contributed by atoms with E-state index in [1.807, 2.05) is 11.4 Å². The predicted octanol–water partition coefficient (Wildman–Crippen LogP) is 1.27. The van der Waals surface area contributed by atoms with Gasteiger partial charge in [0.25, 0.3) is 0 Å². The number of esters is 1. The van der Waals surface area contributed by atoms with E-state index >= 15 is 0 Å². The van der Waals surface area contributed by atoms with Crippen LogP contribution in [0.3, 0.4) is 0 Å². The van der Waals surface area contributed by atoms with E-state index in [9.17, 15) is 19.5 Å². The average Bonchev–Trinajstić information content (AvgIpc) is 3.00. The average molecular weight is 345 g/mol. The Hall–Kier alpha value is -2.67. The summed E-state index contributed by atoms with van der Waals surface area (Å²) in [5, 5.41) is 12.2. The van der Waals surface area contributed by atoms with Crippen LogP contribution < -0.4 is 9.84 Å². The van der Waals surface area contributed by atoms with Gasteiger partial charge in [0.15, 0.2) is 0 Å². The lowest BCUT2D eigenvalue weighted by Gasteiger charge is -2.14. The lowest BCUT2D eigenvalue weighted by Crippen LogP contribution is -2.29. The first kappa shape index (κ1) is 16.2. The molecule has 2 heterocycles. The van der Waals surface area contributed by atoms with Crippen molar-refractivity contribution in [2.45, 2.75) is 19.4 Å². The number of hydrogen-bond acceptors (Lipinski definition) is 7. The largest absolute Gasteiger partial charge is 0.546 e. The maximum absolute atomic E-state index is 12.7. The van der Waals surface area contributed by atoms with E-state index in [0.29, 0.717) is 28.4 Å². The molecule has 0 aliphatic carbocycles. The summed E-state index contributed by atoms with van der Waals surface area (Å²) in [6.07, 6.45) is 0. The van der Waals surface area contributed by atoms with Gasteiger partial charge in [0.2, 0.25) is 5.78 Å². The van der Waals surface area contributed by atoms with Crippen LogP contribution in [-0.2, 0) is 20.9 Å². The van der Waals surface area contributed by atoms with Crippen LogP contribution >= 0.6 is 11.3 Å². The Morgan fingerprint density at radius 1 is 1.38 bits per heavy atom.